The molecule has 1 aliphatic rings. The normalized spacial score (nSPS) is 17.7. The maximum absolute atomic E-state index is 13.3. The molecule has 1 aromatic heterocycles. The molecule has 0 bridgehead atoms. The van der Waals surface area contributed by atoms with Crippen LogP contribution in [0.25, 0.3) is 10.9 Å². The Morgan fingerprint density at radius 2 is 1.80 bits per heavy atom. The number of alkyl halides is 1. The number of ether oxygens (including phenoxy) is 1. The lowest BCUT2D eigenvalue weighted by atomic mass is 10.1. The van der Waals surface area contributed by atoms with E-state index >= 15 is 0 Å². The summed E-state index contributed by atoms with van der Waals surface area (Å²) in [5.74, 6) is 0.483. The van der Waals surface area contributed by atoms with Crippen molar-refractivity contribution in [2.75, 3.05) is 13.1 Å². The minimum atomic E-state index is -0.368. The molecule has 2 aromatic carbocycles. The van der Waals surface area contributed by atoms with Gasteiger partial charge in [-0.05, 0) is 67.2 Å². The molecule has 1 N–H and O–H groups in total. The minimum Gasteiger partial charge on any atom is -0.483 e. The Labute approximate surface area is 151 Å². The van der Waals surface area contributed by atoms with E-state index in [0.717, 1.165) is 48.1 Å². The molecule has 5 heteroatoms. The van der Waals surface area contributed by atoms with Gasteiger partial charge in [0, 0.05) is 17.8 Å². The number of fused-ring (bicyclic) bond motifs is 1. The van der Waals surface area contributed by atoms with Crippen LogP contribution in [0.4, 0.5) is 4.39 Å². The van der Waals surface area contributed by atoms with Crippen LogP contribution in [0.1, 0.15) is 24.5 Å². The predicted molar refractivity (Wildman–Crippen MR) is 98.5 cm³/mol. The largest absolute Gasteiger partial charge is 0.483 e. The summed E-state index contributed by atoms with van der Waals surface area (Å²) in [5.41, 5.74) is 1.59. The van der Waals surface area contributed by atoms with E-state index in [0.29, 0.717) is 0 Å². The highest BCUT2D eigenvalue weighted by molar-refractivity contribution is 6.20. The second-order valence-corrected chi connectivity index (χ2v) is 6.88. The first kappa shape index (κ1) is 16.4. The second kappa shape index (κ2) is 7.06. The molecule has 3 aromatic rings. The number of likely N-dealkylation sites (tertiary alicyclic amines) is 1. The summed E-state index contributed by atoms with van der Waals surface area (Å²) >= 11 is 6.77. The maximum atomic E-state index is 13.3. The molecule has 0 radical (unpaired) electrons. The smallest absolute Gasteiger partial charge is 0.153 e. The Kier molecular flexibility index (Phi) is 4.64. The lowest BCUT2D eigenvalue weighted by Crippen LogP contribution is -2.35. The quantitative estimate of drug-likeness (QED) is 0.508. The SMILES string of the molecule is Fc1ccc(C(Oc2ccc3cc[nH]c3c2)C(Cl)N2CCCC2)cc1. The Morgan fingerprint density at radius 3 is 2.56 bits per heavy atom. The average Bonchev–Trinajstić information content (AvgIpc) is 3.31. The van der Waals surface area contributed by atoms with Crippen LogP contribution in [0.3, 0.4) is 0 Å². The highest BCUT2D eigenvalue weighted by Crippen LogP contribution is 2.33. The number of nitrogens with one attached hydrogen (secondary N) is 1. The zero-order valence-electron chi connectivity index (χ0n) is 13.8. The van der Waals surface area contributed by atoms with Crippen molar-refractivity contribution in [2.24, 2.45) is 0 Å². The van der Waals surface area contributed by atoms with Gasteiger partial charge in [0.05, 0.1) is 0 Å². The molecule has 2 atom stereocenters. The molecule has 2 unspecified atom stereocenters. The first-order valence-electron chi connectivity index (χ1n) is 8.58. The molecular weight excluding hydrogens is 339 g/mol. The summed E-state index contributed by atoms with van der Waals surface area (Å²) in [7, 11) is 0. The molecule has 2 heterocycles. The Hall–Kier alpha value is -2.04. The molecule has 0 aliphatic carbocycles. The van der Waals surface area contributed by atoms with Gasteiger partial charge in [-0.3, -0.25) is 4.90 Å². The number of aromatic amines is 1. The molecular formula is C20H20ClFN2O. The van der Waals surface area contributed by atoms with E-state index in [1.807, 2.05) is 30.5 Å². The monoisotopic (exact) mass is 358 g/mol. The summed E-state index contributed by atoms with van der Waals surface area (Å²) < 4.78 is 19.6. The zero-order chi connectivity index (χ0) is 17.2. The van der Waals surface area contributed by atoms with E-state index in [4.69, 9.17) is 16.3 Å². The summed E-state index contributed by atoms with van der Waals surface area (Å²) in [6, 6.07) is 14.4. The Bertz CT molecular complexity index is 842. The van der Waals surface area contributed by atoms with E-state index in [1.54, 1.807) is 12.1 Å². The fraction of sp³-hybridized carbons (Fsp3) is 0.300. The molecule has 3 nitrogen and oxygen atoms in total. The van der Waals surface area contributed by atoms with E-state index < -0.39 is 0 Å². The van der Waals surface area contributed by atoms with Crippen molar-refractivity contribution in [2.45, 2.75) is 24.4 Å². The molecule has 0 spiro atoms. The third-order valence-electron chi connectivity index (χ3n) is 4.73. The Morgan fingerprint density at radius 1 is 1.04 bits per heavy atom. The molecule has 1 saturated heterocycles. The van der Waals surface area contributed by atoms with Crippen molar-refractivity contribution >= 4 is 22.5 Å². The number of hydrogen-bond acceptors (Lipinski definition) is 2. The lowest BCUT2D eigenvalue weighted by molar-refractivity contribution is 0.125. The third-order valence-corrected chi connectivity index (χ3v) is 5.23. The number of aromatic nitrogens is 1. The first-order chi connectivity index (χ1) is 12.2. The first-order valence-corrected chi connectivity index (χ1v) is 9.02. The van der Waals surface area contributed by atoms with E-state index in [2.05, 4.69) is 9.88 Å². The average molecular weight is 359 g/mol. The van der Waals surface area contributed by atoms with Gasteiger partial charge in [-0.2, -0.15) is 0 Å². The summed E-state index contributed by atoms with van der Waals surface area (Å²) in [4.78, 5) is 5.42. The van der Waals surface area contributed by atoms with Crippen LogP contribution in [0.15, 0.2) is 54.7 Å². The number of benzene rings is 2. The van der Waals surface area contributed by atoms with E-state index in [9.17, 15) is 4.39 Å². The van der Waals surface area contributed by atoms with Gasteiger partial charge in [0.15, 0.2) is 6.10 Å². The van der Waals surface area contributed by atoms with Crippen molar-refractivity contribution in [3.63, 3.8) is 0 Å². The van der Waals surface area contributed by atoms with Crippen LogP contribution in [-0.2, 0) is 0 Å². The number of halogens is 2. The fourth-order valence-corrected chi connectivity index (χ4v) is 3.75. The Balaban J connectivity index is 1.64. The number of H-pyrrole nitrogens is 1. The van der Waals surface area contributed by atoms with Gasteiger partial charge in [-0.15, -0.1) is 11.6 Å². The number of nitrogens with zero attached hydrogens (tertiary/aromatic N) is 1. The van der Waals surface area contributed by atoms with Crippen LogP contribution >= 0.6 is 11.6 Å². The van der Waals surface area contributed by atoms with Gasteiger partial charge in [0.1, 0.15) is 17.1 Å². The third kappa shape index (κ3) is 3.51. The van der Waals surface area contributed by atoms with Crippen LogP contribution in [0, 0.1) is 5.82 Å². The van der Waals surface area contributed by atoms with Gasteiger partial charge in [0.25, 0.3) is 0 Å². The van der Waals surface area contributed by atoms with Gasteiger partial charge in [-0.25, -0.2) is 4.39 Å². The van der Waals surface area contributed by atoms with Gasteiger partial charge in [0.2, 0.25) is 0 Å². The molecule has 25 heavy (non-hydrogen) atoms. The molecule has 0 amide bonds. The molecule has 1 aliphatic heterocycles. The summed E-state index contributed by atoms with van der Waals surface area (Å²) in [5, 5.41) is 1.13. The molecule has 1 fully saturated rings. The lowest BCUT2D eigenvalue weighted by Gasteiger charge is -2.30. The summed E-state index contributed by atoms with van der Waals surface area (Å²) in [6.07, 6.45) is 3.83. The topological polar surface area (TPSA) is 28.3 Å². The maximum Gasteiger partial charge on any atom is 0.153 e. The molecule has 0 saturated carbocycles. The van der Waals surface area contributed by atoms with Crippen molar-refractivity contribution in [3.8, 4) is 5.75 Å². The van der Waals surface area contributed by atoms with Crippen molar-refractivity contribution in [3.05, 3.63) is 66.1 Å². The fourth-order valence-electron chi connectivity index (χ4n) is 3.36. The zero-order valence-corrected chi connectivity index (χ0v) is 14.5. The van der Waals surface area contributed by atoms with Gasteiger partial charge < -0.3 is 9.72 Å². The summed E-state index contributed by atoms with van der Waals surface area (Å²) in [6.45, 7) is 1.93. The van der Waals surface area contributed by atoms with Crippen molar-refractivity contribution in [1.29, 1.82) is 0 Å². The number of rotatable bonds is 5. The minimum absolute atomic E-state index is 0.261. The molecule has 4 rings (SSSR count). The van der Waals surface area contributed by atoms with Crippen LogP contribution in [0.5, 0.6) is 5.75 Å². The highest BCUT2D eigenvalue weighted by atomic mass is 35.5. The van der Waals surface area contributed by atoms with Gasteiger partial charge in [-0.1, -0.05) is 12.1 Å². The van der Waals surface area contributed by atoms with E-state index in [1.165, 1.54) is 12.1 Å². The van der Waals surface area contributed by atoms with Gasteiger partial charge >= 0.3 is 0 Å². The standard InChI is InChI=1S/C20H20ClFN2O/c21-20(24-11-1-2-12-24)19(15-3-6-16(22)7-4-15)25-17-8-5-14-9-10-23-18(14)13-17/h3-10,13,19-20,23H,1-2,11-12H2. The van der Waals surface area contributed by atoms with Crippen LogP contribution in [0.2, 0.25) is 0 Å². The highest BCUT2D eigenvalue weighted by Gasteiger charge is 2.30. The van der Waals surface area contributed by atoms with E-state index in [-0.39, 0.29) is 17.4 Å². The van der Waals surface area contributed by atoms with Crippen molar-refractivity contribution < 1.29 is 9.13 Å². The van der Waals surface area contributed by atoms with Crippen LogP contribution < -0.4 is 4.74 Å². The second-order valence-electron chi connectivity index (χ2n) is 6.43. The number of hydrogen-bond donors (Lipinski definition) is 1. The van der Waals surface area contributed by atoms with Crippen molar-refractivity contribution in [1.82, 2.24) is 9.88 Å². The predicted octanol–water partition coefficient (Wildman–Crippen LogP) is 5.09. The molecule has 130 valence electrons. The van der Waals surface area contributed by atoms with Crippen LogP contribution in [-0.4, -0.2) is 28.5 Å².